The van der Waals surface area contributed by atoms with Crippen molar-refractivity contribution in [3.63, 3.8) is 0 Å². The zero-order valence-corrected chi connectivity index (χ0v) is 16.0. The Morgan fingerprint density at radius 3 is 1.78 bits per heavy atom. The second-order valence-corrected chi connectivity index (χ2v) is 10.4. The molecule has 6 heteroatoms. The first-order chi connectivity index (χ1) is 8.65. The van der Waals surface area contributed by atoms with Gasteiger partial charge in [0, 0.05) is 20.9 Å². The van der Waals surface area contributed by atoms with Gasteiger partial charge < -0.3 is 0 Å². The summed E-state index contributed by atoms with van der Waals surface area (Å²) in [5.41, 5.74) is 4.18. The van der Waals surface area contributed by atoms with E-state index >= 15 is 0 Å². The quantitative estimate of drug-likeness (QED) is 0.432. The molecule has 18 heavy (non-hydrogen) atoms. The summed E-state index contributed by atoms with van der Waals surface area (Å²) in [5.74, 6) is 0. The maximum absolute atomic E-state index is 3.61. The molecule has 1 aliphatic carbocycles. The van der Waals surface area contributed by atoms with E-state index in [0.717, 1.165) is 0 Å². The smallest absolute Gasteiger partial charge is 0.0711 e. The Kier molecular flexibility index (Phi) is 4.05. The highest BCUT2D eigenvalue weighted by Gasteiger charge is 2.30. The lowest BCUT2D eigenvalue weighted by molar-refractivity contribution is 1.75. The molecule has 0 nitrogen and oxygen atoms in total. The van der Waals surface area contributed by atoms with Crippen molar-refractivity contribution in [2.75, 3.05) is 12.5 Å². The van der Waals surface area contributed by atoms with Gasteiger partial charge in [-0.25, -0.2) is 0 Å². The second kappa shape index (κ2) is 5.30. The maximum atomic E-state index is 3.61. The van der Waals surface area contributed by atoms with Crippen LogP contribution in [0.5, 0.6) is 0 Å². The van der Waals surface area contributed by atoms with E-state index in [0.29, 0.717) is 0 Å². The molecule has 0 saturated carbocycles. The van der Waals surface area contributed by atoms with Gasteiger partial charge in [-0.2, -0.15) is 0 Å². The Hall–Kier alpha value is 0.800. The minimum atomic E-state index is 1.21. The van der Waals surface area contributed by atoms with Crippen molar-refractivity contribution in [2.24, 2.45) is 0 Å². The Labute approximate surface area is 140 Å². The van der Waals surface area contributed by atoms with Crippen molar-refractivity contribution in [2.45, 2.75) is 0 Å². The molecule has 0 fully saturated rings. The van der Waals surface area contributed by atoms with Crippen LogP contribution in [-0.4, -0.2) is 12.5 Å². The fourth-order valence-electron chi connectivity index (χ4n) is 2.08. The monoisotopic (exact) mass is 438 g/mol. The fraction of sp³-hybridized carbons (Fsp3) is 0.167. The zero-order chi connectivity index (χ0) is 12.9. The molecule has 0 atom stereocenters. The van der Waals surface area contributed by atoms with Crippen molar-refractivity contribution >= 4 is 83.6 Å². The lowest BCUT2D eigenvalue weighted by atomic mass is 10.1. The van der Waals surface area contributed by atoms with Gasteiger partial charge in [0.2, 0.25) is 0 Å². The summed E-state index contributed by atoms with van der Waals surface area (Å²) in [4.78, 5) is 2.81. The van der Waals surface area contributed by atoms with Gasteiger partial charge >= 0.3 is 0 Å². The van der Waals surface area contributed by atoms with Gasteiger partial charge in [0.15, 0.2) is 0 Å². The van der Waals surface area contributed by atoms with Crippen LogP contribution in [0.25, 0.3) is 15.3 Å². The molecule has 0 radical (unpaired) electrons. The Morgan fingerprint density at radius 2 is 1.39 bits per heavy atom. The molecule has 2 heterocycles. The van der Waals surface area contributed by atoms with Crippen molar-refractivity contribution in [3.05, 3.63) is 35.1 Å². The number of hydrogen-bond acceptors (Lipinski definition) is 4. The van der Waals surface area contributed by atoms with E-state index in [2.05, 4.69) is 56.5 Å². The normalized spacial score (nSPS) is 12.8. The first-order valence-corrected chi connectivity index (χ1v) is 10.7. The molecule has 2 aromatic heterocycles. The minimum absolute atomic E-state index is 1.21. The topological polar surface area (TPSA) is 0 Å². The fourth-order valence-corrected chi connectivity index (χ4v) is 6.97. The van der Waals surface area contributed by atoms with E-state index in [-0.39, 0.29) is 0 Å². The summed E-state index contributed by atoms with van der Waals surface area (Å²) in [6, 6.07) is 4.50. The first kappa shape index (κ1) is 13.8. The van der Waals surface area contributed by atoms with Crippen LogP contribution in [0, 0.1) is 0 Å². The molecule has 0 saturated heterocycles. The maximum Gasteiger partial charge on any atom is 0.0711 e. The molecule has 0 N–H and O–H groups in total. The Balaban J connectivity index is 2.35. The highest BCUT2D eigenvalue weighted by molar-refractivity contribution is 9.11. The van der Waals surface area contributed by atoms with Gasteiger partial charge in [-0.1, -0.05) is 0 Å². The SMILES string of the molecule is CSC(SC)=C1c2cc(Br)sc2-c2sc(Br)cc21. The minimum Gasteiger partial charge on any atom is -0.127 e. The third-order valence-corrected chi connectivity index (χ3v) is 8.31. The molecule has 0 aromatic carbocycles. The second-order valence-electron chi connectivity index (χ2n) is 3.66. The third-order valence-electron chi connectivity index (χ3n) is 2.72. The van der Waals surface area contributed by atoms with Gasteiger partial charge in [-0.3, -0.25) is 0 Å². The van der Waals surface area contributed by atoms with Gasteiger partial charge in [0.25, 0.3) is 0 Å². The van der Waals surface area contributed by atoms with Crippen LogP contribution in [0.1, 0.15) is 11.1 Å². The molecular weight excluding hydrogens is 432 g/mol. The number of hydrogen-bond donors (Lipinski definition) is 0. The van der Waals surface area contributed by atoms with Gasteiger partial charge in [-0.05, 0) is 56.5 Å². The predicted molar refractivity (Wildman–Crippen MR) is 96.1 cm³/mol. The van der Waals surface area contributed by atoms with Crippen molar-refractivity contribution < 1.29 is 0 Å². The van der Waals surface area contributed by atoms with Crippen LogP contribution in [0.15, 0.2) is 23.9 Å². The molecular formula is C12H8Br2S4. The van der Waals surface area contributed by atoms with Crippen LogP contribution in [0.3, 0.4) is 0 Å². The summed E-state index contributed by atoms with van der Waals surface area (Å²) >= 11 is 14.5. The average Bonchev–Trinajstić information content (AvgIpc) is 2.94. The van der Waals surface area contributed by atoms with Crippen LogP contribution >= 0.6 is 78.1 Å². The number of fused-ring (bicyclic) bond motifs is 3. The van der Waals surface area contributed by atoms with E-state index in [1.165, 1.54) is 38.3 Å². The standard InChI is InChI=1S/C12H8Br2S4/c1-15-12(16-2)9-5-3-7(13)17-10(5)11-6(9)4-8(14)18-11/h3-4H,1-2H3. The van der Waals surface area contributed by atoms with E-state index in [1.54, 1.807) is 0 Å². The van der Waals surface area contributed by atoms with Crippen molar-refractivity contribution in [1.29, 1.82) is 0 Å². The molecule has 3 rings (SSSR count). The van der Waals surface area contributed by atoms with Crippen molar-refractivity contribution in [1.82, 2.24) is 0 Å². The van der Waals surface area contributed by atoms with Crippen molar-refractivity contribution in [3.8, 4) is 9.75 Å². The Morgan fingerprint density at radius 1 is 0.944 bits per heavy atom. The van der Waals surface area contributed by atoms with Crippen LogP contribution < -0.4 is 0 Å². The van der Waals surface area contributed by atoms with Gasteiger partial charge in [0.05, 0.1) is 17.3 Å². The summed E-state index contributed by atoms with van der Waals surface area (Å²) < 4.78 is 3.81. The number of halogens is 2. The molecule has 0 spiro atoms. The summed E-state index contributed by atoms with van der Waals surface area (Å²) in [7, 11) is 0. The van der Waals surface area contributed by atoms with Crippen LogP contribution in [-0.2, 0) is 0 Å². The molecule has 2 aromatic rings. The highest BCUT2D eigenvalue weighted by atomic mass is 79.9. The van der Waals surface area contributed by atoms with E-state index in [1.807, 2.05) is 46.2 Å². The van der Waals surface area contributed by atoms with E-state index < -0.39 is 0 Å². The molecule has 0 amide bonds. The van der Waals surface area contributed by atoms with Gasteiger partial charge in [0.1, 0.15) is 0 Å². The highest BCUT2D eigenvalue weighted by Crippen LogP contribution is 2.56. The van der Waals surface area contributed by atoms with Gasteiger partial charge in [-0.15, -0.1) is 46.2 Å². The summed E-state index contributed by atoms with van der Waals surface area (Å²) in [6.07, 6.45) is 4.30. The molecule has 0 bridgehead atoms. The summed E-state index contributed by atoms with van der Waals surface area (Å²) in [6.45, 7) is 0. The van der Waals surface area contributed by atoms with E-state index in [4.69, 9.17) is 0 Å². The molecule has 0 unspecified atom stereocenters. The van der Waals surface area contributed by atoms with Crippen LogP contribution in [0.4, 0.5) is 0 Å². The number of rotatable bonds is 2. The number of thioether (sulfide) groups is 2. The van der Waals surface area contributed by atoms with E-state index in [9.17, 15) is 0 Å². The molecule has 0 aliphatic heterocycles. The third kappa shape index (κ3) is 2.09. The molecule has 94 valence electrons. The zero-order valence-electron chi connectivity index (χ0n) is 9.54. The summed E-state index contributed by atoms with van der Waals surface area (Å²) in [5, 5.41) is 0. The first-order valence-electron chi connectivity index (χ1n) is 5.07. The lowest BCUT2D eigenvalue weighted by Crippen LogP contribution is -1.82. The van der Waals surface area contributed by atoms with Crippen LogP contribution in [0.2, 0.25) is 0 Å². The Bertz CT molecular complexity index is 597. The lowest BCUT2D eigenvalue weighted by Gasteiger charge is -2.06. The predicted octanol–water partition coefficient (Wildman–Crippen LogP) is 6.76. The average molecular weight is 440 g/mol. The molecule has 1 aliphatic rings. The largest absolute Gasteiger partial charge is 0.127 e. The number of thiophene rings is 2.